The van der Waals surface area contributed by atoms with Crippen LogP contribution in [0.15, 0.2) is 18.2 Å². The van der Waals surface area contributed by atoms with Gasteiger partial charge in [0.2, 0.25) is 0 Å². The normalized spacial score (nSPS) is 26.2. The molecule has 3 nitrogen and oxygen atoms in total. The summed E-state index contributed by atoms with van der Waals surface area (Å²) in [6.45, 7) is 7.65. The highest BCUT2D eigenvalue weighted by molar-refractivity contribution is 5.41. The lowest BCUT2D eigenvalue weighted by molar-refractivity contribution is 0.494. The third-order valence-electron chi connectivity index (χ3n) is 4.53. The van der Waals surface area contributed by atoms with E-state index >= 15 is 0 Å². The maximum atomic E-state index is 4.82. The number of nitrogens with zero attached hydrogens (tertiary/aromatic N) is 2. The topological polar surface area (TPSA) is 28.2 Å². The molecule has 104 valence electrons. The lowest BCUT2D eigenvalue weighted by Crippen LogP contribution is -2.24. The third-order valence-corrected chi connectivity index (χ3v) is 4.53. The molecule has 1 aliphatic carbocycles. The average molecular weight is 259 g/mol. The Balaban J connectivity index is 1.66. The van der Waals surface area contributed by atoms with Crippen molar-refractivity contribution in [1.82, 2.24) is 10.3 Å². The first-order valence-corrected chi connectivity index (χ1v) is 7.66. The highest BCUT2D eigenvalue weighted by Crippen LogP contribution is 2.39. The van der Waals surface area contributed by atoms with Crippen molar-refractivity contribution in [3.05, 3.63) is 23.9 Å². The van der Waals surface area contributed by atoms with Gasteiger partial charge in [0.05, 0.1) is 5.69 Å². The van der Waals surface area contributed by atoms with Gasteiger partial charge in [-0.05, 0) is 36.8 Å². The molecular formula is C16H25N3. The first-order chi connectivity index (χ1) is 9.22. The largest absolute Gasteiger partial charge is 0.356 e. The fourth-order valence-electron chi connectivity index (χ4n) is 3.47. The number of aromatic nitrogens is 1. The number of anilines is 1. The zero-order valence-electron chi connectivity index (χ0n) is 12.1. The monoisotopic (exact) mass is 259 g/mol. The standard InChI is InChI=1S/C16H25N3/c1-12(2)17-9-15-7-4-8-16(18-15)19-10-13-5-3-6-14(13)11-19/h4,7-8,12-14,17H,3,5-6,9-11H2,1-2H3. The van der Waals surface area contributed by atoms with Gasteiger partial charge in [-0.15, -0.1) is 0 Å². The molecule has 1 saturated heterocycles. The van der Waals surface area contributed by atoms with Gasteiger partial charge in [-0.25, -0.2) is 4.98 Å². The molecule has 0 radical (unpaired) electrons. The summed E-state index contributed by atoms with van der Waals surface area (Å²) >= 11 is 0. The molecular weight excluding hydrogens is 234 g/mol. The molecule has 1 N–H and O–H groups in total. The van der Waals surface area contributed by atoms with Crippen molar-refractivity contribution >= 4 is 5.82 Å². The molecule has 1 aromatic heterocycles. The molecule has 0 bridgehead atoms. The van der Waals surface area contributed by atoms with Crippen molar-refractivity contribution in [1.29, 1.82) is 0 Å². The Morgan fingerprint density at radius 1 is 1.26 bits per heavy atom. The Morgan fingerprint density at radius 3 is 2.68 bits per heavy atom. The lowest BCUT2D eigenvalue weighted by atomic mass is 10.0. The fraction of sp³-hybridized carbons (Fsp3) is 0.688. The van der Waals surface area contributed by atoms with Crippen molar-refractivity contribution in [3.8, 4) is 0 Å². The summed E-state index contributed by atoms with van der Waals surface area (Å²) in [5.74, 6) is 3.04. The summed E-state index contributed by atoms with van der Waals surface area (Å²) in [7, 11) is 0. The van der Waals surface area contributed by atoms with Gasteiger partial charge in [-0.2, -0.15) is 0 Å². The van der Waals surface area contributed by atoms with Gasteiger partial charge in [0, 0.05) is 25.7 Å². The average Bonchev–Trinajstić information content (AvgIpc) is 2.97. The van der Waals surface area contributed by atoms with Crippen LogP contribution in [0.5, 0.6) is 0 Å². The summed E-state index contributed by atoms with van der Waals surface area (Å²) in [6.07, 6.45) is 4.29. The molecule has 3 rings (SSSR count). The van der Waals surface area contributed by atoms with Crippen molar-refractivity contribution in [2.24, 2.45) is 11.8 Å². The van der Waals surface area contributed by atoms with Gasteiger partial charge in [-0.1, -0.05) is 26.3 Å². The number of pyridine rings is 1. The summed E-state index contributed by atoms with van der Waals surface area (Å²) in [5.41, 5.74) is 1.16. The van der Waals surface area contributed by atoms with Gasteiger partial charge < -0.3 is 10.2 Å². The molecule has 1 aromatic rings. The molecule has 1 aliphatic heterocycles. The van der Waals surface area contributed by atoms with E-state index in [-0.39, 0.29) is 0 Å². The zero-order valence-corrected chi connectivity index (χ0v) is 12.1. The van der Waals surface area contributed by atoms with Crippen LogP contribution in [0.25, 0.3) is 0 Å². The van der Waals surface area contributed by atoms with E-state index in [2.05, 4.69) is 42.3 Å². The molecule has 2 unspecified atom stereocenters. The molecule has 19 heavy (non-hydrogen) atoms. The van der Waals surface area contributed by atoms with Gasteiger partial charge in [0.25, 0.3) is 0 Å². The van der Waals surface area contributed by atoms with Gasteiger partial charge >= 0.3 is 0 Å². The van der Waals surface area contributed by atoms with Gasteiger partial charge in [0.15, 0.2) is 0 Å². The van der Waals surface area contributed by atoms with Gasteiger partial charge in [-0.3, -0.25) is 0 Å². The van der Waals surface area contributed by atoms with E-state index in [4.69, 9.17) is 4.98 Å². The fourth-order valence-corrected chi connectivity index (χ4v) is 3.47. The summed E-state index contributed by atoms with van der Waals surface area (Å²) < 4.78 is 0. The second kappa shape index (κ2) is 5.49. The predicted octanol–water partition coefficient (Wildman–Crippen LogP) is 2.82. The van der Waals surface area contributed by atoms with Crippen molar-refractivity contribution < 1.29 is 0 Å². The van der Waals surface area contributed by atoms with E-state index in [0.29, 0.717) is 6.04 Å². The maximum absolute atomic E-state index is 4.82. The minimum atomic E-state index is 0.511. The van der Waals surface area contributed by atoms with Crippen LogP contribution < -0.4 is 10.2 Å². The third kappa shape index (κ3) is 2.92. The Bertz CT molecular complexity index is 418. The number of rotatable bonds is 4. The Hall–Kier alpha value is -1.09. The maximum Gasteiger partial charge on any atom is 0.128 e. The summed E-state index contributed by atoms with van der Waals surface area (Å²) in [4.78, 5) is 7.31. The first-order valence-electron chi connectivity index (χ1n) is 7.66. The minimum absolute atomic E-state index is 0.511. The molecule has 2 aliphatic rings. The zero-order chi connectivity index (χ0) is 13.2. The summed E-state index contributed by atoms with van der Waals surface area (Å²) in [6, 6.07) is 6.94. The van der Waals surface area contributed by atoms with Crippen LogP contribution in [0, 0.1) is 11.8 Å². The van der Waals surface area contributed by atoms with Gasteiger partial charge in [0.1, 0.15) is 5.82 Å². The van der Waals surface area contributed by atoms with E-state index in [1.807, 2.05) is 0 Å². The first kappa shape index (κ1) is 12.9. The number of nitrogens with one attached hydrogen (secondary N) is 1. The van der Waals surface area contributed by atoms with E-state index in [1.165, 1.54) is 38.2 Å². The molecule has 1 saturated carbocycles. The van der Waals surface area contributed by atoms with Crippen LogP contribution in [0.3, 0.4) is 0 Å². The highest BCUT2D eigenvalue weighted by Gasteiger charge is 2.36. The van der Waals surface area contributed by atoms with Crippen molar-refractivity contribution in [2.45, 2.75) is 45.7 Å². The summed E-state index contributed by atoms with van der Waals surface area (Å²) in [5, 5.41) is 3.44. The van der Waals surface area contributed by atoms with Crippen LogP contribution in [0.2, 0.25) is 0 Å². The van der Waals surface area contributed by atoms with Crippen LogP contribution in [-0.2, 0) is 6.54 Å². The quantitative estimate of drug-likeness (QED) is 0.901. The van der Waals surface area contributed by atoms with E-state index in [0.717, 1.165) is 24.1 Å². The van der Waals surface area contributed by atoms with Crippen molar-refractivity contribution in [2.75, 3.05) is 18.0 Å². The second-order valence-electron chi connectivity index (χ2n) is 6.38. The van der Waals surface area contributed by atoms with E-state index in [9.17, 15) is 0 Å². The molecule has 0 spiro atoms. The Labute approximate surface area is 116 Å². The second-order valence-corrected chi connectivity index (χ2v) is 6.38. The van der Waals surface area contributed by atoms with Crippen molar-refractivity contribution in [3.63, 3.8) is 0 Å². The molecule has 2 heterocycles. The highest BCUT2D eigenvalue weighted by atomic mass is 15.2. The predicted molar refractivity (Wildman–Crippen MR) is 79.3 cm³/mol. The molecule has 0 aromatic carbocycles. The van der Waals surface area contributed by atoms with Crippen LogP contribution in [-0.4, -0.2) is 24.1 Å². The number of fused-ring (bicyclic) bond motifs is 1. The van der Waals surface area contributed by atoms with Crippen LogP contribution >= 0.6 is 0 Å². The SMILES string of the molecule is CC(C)NCc1cccc(N2CC3CCCC3C2)n1. The van der Waals surface area contributed by atoms with E-state index in [1.54, 1.807) is 0 Å². The molecule has 3 heteroatoms. The minimum Gasteiger partial charge on any atom is -0.356 e. The Morgan fingerprint density at radius 2 is 2.00 bits per heavy atom. The molecule has 2 fully saturated rings. The van der Waals surface area contributed by atoms with Crippen LogP contribution in [0.1, 0.15) is 38.8 Å². The lowest BCUT2D eigenvalue weighted by Gasteiger charge is -2.19. The number of hydrogen-bond donors (Lipinski definition) is 1. The van der Waals surface area contributed by atoms with Crippen LogP contribution in [0.4, 0.5) is 5.82 Å². The Kier molecular flexibility index (Phi) is 3.74. The smallest absolute Gasteiger partial charge is 0.128 e. The molecule has 2 atom stereocenters. The molecule has 0 amide bonds. The van der Waals surface area contributed by atoms with E-state index < -0.39 is 0 Å². The number of hydrogen-bond acceptors (Lipinski definition) is 3.